The third-order valence-electron chi connectivity index (χ3n) is 5.78. The molecule has 2 unspecified atom stereocenters. The van der Waals surface area contributed by atoms with Gasteiger partial charge in [-0.2, -0.15) is 0 Å². The van der Waals surface area contributed by atoms with Crippen molar-refractivity contribution < 1.29 is 9.59 Å². The number of fused-ring (bicyclic) bond motifs is 3. The lowest BCUT2D eigenvalue weighted by Gasteiger charge is -2.33. The van der Waals surface area contributed by atoms with Gasteiger partial charge in [0.05, 0.1) is 22.0 Å². The van der Waals surface area contributed by atoms with Gasteiger partial charge in [-0.3, -0.25) is 14.6 Å². The number of amides is 1. The van der Waals surface area contributed by atoms with Crippen LogP contribution in [-0.2, 0) is 9.59 Å². The summed E-state index contributed by atoms with van der Waals surface area (Å²) >= 11 is 3.31. The molecule has 5 rings (SSSR count). The van der Waals surface area contributed by atoms with Gasteiger partial charge in [-0.15, -0.1) is 11.8 Å². The zero-order valence-corrected chi connectivity index (χ0v) is 16.9. The molecule has 2 fully saturated rings. The maximum Gasteiger partial charge on any atom is 0.228 e. The summed E-state index contributed by atoms with van der Waals surface area (Å²) in [5.41, 5.74) is 1.48. The molecule has 2 heterocycles. The highest BCUT2D eigenvalue weighted by atomic mass is 32.2. The normalized spacial score (nSPS) is 27.6. The average molecular weight is 400 g/mol. The predicted molar refractivity (Wildman–Crippen MR) is 109 cm³/mol. The summed E-state index contributed by atoms with van der Waals surface area (Å²) in [6, 6.07) is 6.15. The van der Waals surface area contributed by atoms with E-state index in [0.29, 0.717) is 12.3 Å². The van der Waals surface area contributed by atoms with Crippen LogP contribution in [-0.4, -0.2) is 29.8 Å². The molecule has 2 N–H and O–H groups in total. The van der Waals surface area contributed by atoms with Crippen molar-refractivity contribution in [3.8, 4) is 0 Å². The molecule has 0 saturated heterocycles. The van der Waals surface area contributed by atoms with Crippen LogP contribution in [0.2, 0.25) is 0 Å². The summed E-state index contributed by atoms with van der Waals surface area (Å²) in [6.45, 7) is 1.91. The molecular formula is C20H21N3O2S2. The quantitative estimate of drug-likeness (QED) is 0.754. The highest BCUT2D eigenvalue weighted by molar-refractivity contribution is 8.04. The Morgan fingerprint density at radius 3 is 2.93 bits per heavy atom. The molecule has 1 aromatic carbocycles. The van der Waals surface area contributed by atoms with Crippen LogP contribution in [0.1, 0.15) is 32.6 Å². The number of ketones is 1. The molecule has 2 atom stereocenters. The van der Waals surface area contributed by atoms with E-state index >= 15 is 0 Å². The number of hydrogen-bond donors (Lipinski definition) is 2. The Kier molecular flexibility index (Phi) is 3.95. The molecule has 7 heteroatoms. The van der Waals surface area contributed by atoms with Crippen molar-refractivity contribution in [2.45, 2.75) is 48.4 Å². The van der Waals surface area contributed by atoms with Gasteiger partial charge in [-0.1, -0.05) is 24.8 Å². The minimum atomic E-state index is -0.534. The molecule has 2 saturated carbocycles. The third kappa shape index (κ3) is 2.58. The number of para-hydroxylation sites is 1. The second kappa shape index (κ2) is 6.14. The first-order valence-electron chi connectivity index (χ1n) is 9.37. The smallest absolute Gasteiger partial charge is 0.228 e. The molecule has 2 aliphatic carbocycles. The fraction of sp³-hybridized carbons (Fsp3) is 0.450. The van der Waals surface area contributed by atoms with Crippen molar-refractivity contribution in [1.82, 2.24) is 5.32 Å². The summed E-state index contributed by atoms with van der Waals surface area (Å²) in [7, 11) is 0. The number of aliphatic imine (C=N–C) groups is 1. The van der Waals surface area contributed by atoms with Crippen molar-refractivity contribution in [2.24, 2.45) is 16.3 Å². The van der Waals surface area contributed by atoms with Gasteiger partial charge in [-0.05, 0) is 37.7 Å². The van der Waals surface area contributed by atoms with Gasteiger partial charge in [0.1, 0.15) is 11.6 Å². The SMILES string of the molecule is CCC(=O)C12CC1N=C(NC(=O)C1CC1)C1=C2Nc2c(SC)cccc2S1. The molecule has 5 nitrogen and oxygen atoms in total. The third-order valence-corrected chi connectivity index (χ3v) is 7.72. The molecule has 4 aliphatic rings. The molecule has 1 aromatic rings. The number of carbonyl (C=O) groups is 2. The molecular weight excluding hydrogens is 378 g/mol. The Balaban J connectivity index is 1.58. The van der Waals surface area contributed by atoms with Gasteiger partial charge in [0, 0.05) is 27.8 Å². The lowest BCUT2D eigenvalue weighted by atomic mass is 9.91. The minimum absolute atomic E-state index is 0.0554. The van der Waals surface area contributed by atoms with Crippen molar-refractivity contribution >= 4 is 46.7 Å². The number of anilines is 1. The Hall–Kier alpha value is -1.73. The van der Waals surface area contributed by atoms with E-state index in [2.05, 4.69) is 29.0 Å². The maximum atomic E-state index is 12.9. The number of nitrogens with zero attached hydrogens (tertiary/aromatic N) is 1. The van der Waals surface area contributed by atoms with E-state index in [1.807, 2.05) is 13.0 Å². The summed E-state index contributed by atoms with van der Waals surface area (Å²) in [5, 5.41) is 6.65. The number of carbonyl (C=O) groups excluding carboxylic acids is 2. The van der Waals surface area contributed by atoms with Gasteiger partial charge in [0.25, 0.3) is 0 Å². The van der Waals surface area contributed by atoms with Gasteiger partial charge in [0.2, 0.25) is 5.91 Å². The Labute approximate surface area is 166 Å². The van der Waals surface area contributed by atoms with E-state index in [4.69, 9.17) is 4.99 Å². The topological polar surface area (TPSA) is 70.6 Å². The molecule has 27 heavy (non-hydrogen) atoms. The van der Waals surface area contributed by atoms with Crippen LogP contribution in [0.4, 0.5) is 5.69 Å². The molecule has 2 aliphatic heterocycles. The number of hydrogen-bond acceptors (Lipinski definition) is 6. The lowest BCUT2D eigenvalue weighted by molar-refractivity contribution is -0.122. The van der Waals surface area contributed by atoms with Gasteiger partial charge in [-0.25, -0.2) is 0 Å². The molecule has 1 amide bonds. The molecule has 0 aromatic heterocycles. The summed E-state index contributed by atoms with van der Waals surface area (Å²) in [6.07, 6.45) is 5.19. The number of Topliss-reactive ketones (excluding diaryl/α,β-unsaturated/α-hetero) is 1. The number of rotatable bonds is 4. The fourth-order valence-electron chi connectivity index (χ4n) is 4.01. The monoisotopic (exact) mass is 399 g/mol. The van der Waals surface area contributed by atoms with E-state index in [9.17, 15) is 9.59 Å². The molecule has 0 bridgehead atoms. The van der Waals surface area contributed by atoms with Crippen molar-refractivity contribution in [1.29, 1.82) is 0 Å². The van der Waals surface area contributed by atoms with Crippen LogP contribution >= 0.6 is 23.5 Å². The number of benzene rings is 1. The zero-order chi connectivity index (χ0) is 18.8. The second-order valence-corrected chi connectivity index (χ2v) is 9.37. The number of thioether (sulfide) groups is 2. The first-order valence-corrected chi connectivity index (χ1v) is 11.4. The number of dihydropyridines is 1. The Bertz CT molecular complexity index is 935. The van der Waals surface area contributed by atoms with E-state index in [1.165, 1.54) is 0 Å². The zero-order valence-electron chi connectivity index (χ0n) is 15.3. The summed E-state index contributed by atoms with van der Waals surface area (Å²) in [5.74, 6) is 1.05. The van der Waals surface area contributed by atoms with E-state index in [0.717, 1.165) is 45.3 Å². The van der Waals surface area contributed by atoms with Crippen LogP contribution in [0, 0.1) is 11.3 Å². The van der Waals surface area contributed by atoms with Gasteiger partial charge < -0.3 is 10.6 Å². The maximum absolute atomic E-state index is 12.9. The van der Waals surface area contributed by atoms with Crippen LogP contribution in [0.15, 0.2) is 43.6 Å². The largest absolute Gasteiger partial charge is 0.355 e. The first-order chi connectivity index (χ1) is 13.1. The number of nitrogens with one attached hydrogen (secondary N) is 2. The Morgan fingerprint density at radius 2 is 2.22 bits per heavy atom. The molecule has 140 valence electrons. The van der Waals surface area contributed by atoms with Crippen LogP contribution in [0.5, 0.6) is 0 Å². The molecule has 0 spiro atoms. The fourth-order valence-corrected chi connectivity index (χ4v) is 5.82. The van der Waals surface area contributed by atoms with Crippen LogP contribution in [0.3, 0.4) is 0 Å². The number of amidine groups is 1. The Morgan fingerprint density at radius 1 is 1.41 bits per heavy atom. The van der Waals surface area contributed by atoms with Crippen molar-refractivity contribution in [2.75, 3.05) is 11.6 Å². The summed E-state index contributed by atoms with van der Waals surface area (Å²) in [4.78, 5) is 33.2. The van der Waals surface area contributed by atoms with E-state index in [-0.39, 0.29) is 23.7 Å². The van der Waals surface area contributed by atoms with E-state index < -0.39 is 5.41 Å². The van der Waals surface area contributed by atoms with Crippen molar-refractivity contribution in [3.63, 3.8) is 0 Å². The standard InChI is InChI=1S/C20H21N3O2S2/c1-3-14(24)20-9-13(20)21-18(23-19(25)10-7-8-10)16-17(20)22-15-11(26-2)5-4-6-12(15)27-16/h4-6,10,13,22H,3,7-9H2,1-2H3,(H,21,23,25). The van der Waals surface area contributed by atoms with Crippen molar-refractivity contribution in [3.05, 3.63) is 28.8 Å². The average Bonchev–Trinajstić information content (AvgIpc) is 3.59. The highest BCUT2D eigenvalue weighted by Crippen LogP contribution is 2.62. The highest BCUT2D eigenvalue weighted by Gasteiger charge is 2.65. The lowest BCUT2D eigenvalue weighted by Crippen LogP contribution is -2.40. The molecule has 0 radical (unpaired) electrons. The van der Waals surface area contributed by atoms with Gasteiger partial charge in [0.15, 0.2) is 0 Å². The van der Waals surface area contributed by atoms with Gasteiger partial charge >= 0.3 is 0 Å². The second-order valence-electron chi connectivity index (χ2n) is 7.47. The van der Waals surface area contributed by atoms with Crippen LogP contribution in [0.25, 0.3) is 0 Å². The minimum Gasteiger partial charge on any atom is -0.355 e. The van der Waals surface area contributed by atoms with Crippen LogP contribution < -0.4 is 10.6 Å². The summed E-state index contributed by atoms with van der Waals surface area (Å²) < 4.78 is 0. The predicted octanol–water partition coefficient (Wildman–Crippen LogP) is 3.81. The van der Waals surface area contributed by atoms with E-state index in [1.54, 1.807) is 23.5 Å². The first kappa shape index (κ1) is 17.4.